The zero-order chi connectivity index (χ0) is 13.3. The maximum Gasteiger partial charge on any atom is 0.335 e. The van der Waals surface area contributed by atoms with Gasteiger partial charge in [-0.05, 0) is 60.3 Å². The number of benzene rings is 1. The minimum absolute atomic E-state index is 0.166. The van der Waals surface area contributed by atoms with E-state index in [0.29, 0.717) is 11.5 Å². The quantitative estimate of drug-likeness (QED) is 0.874. The lowest BCUT2D eigenvalue weighted by molar-refractivity contribution is 0.0696. The number of hydrogen-bond acceptors (Lipinski definition) is 1. The summed E-state index contributed by atoms with van der Waals surface area (Å²) in [7, 11) is 0. The van der Waals surface area contributed by atoms with Crippen LogP contribution in [-0.2, 0) is 11.8 Å². The molecular formula is C16H22O2. The third kappa shape index (κ3) is 1.94. The van der Waals surface area contributed by atoms with E-state index in [0.717, 1.165) is 12.8 Å². The normalized spacial score (nSPS) is 22.9. The molecule has 18 heavy (non-hydrogen) atoms. The molecule has 1 unspecified atom stereocenters. The number of carboxylic acid groups (broad SMARTS) is 1. The van der Waals surface area contributed by atoms with E-state index in [1.807, 2.05) is 12.1 Å². The number of hydrogen-bond donors (Lipinski definition) is 1. The fourth-order valence-electron chi connectivity index (χ4n) is 3.50. The van der Waals surface area contributed by atoms with Crippen LogP contribution in [0.15, 0.2) is 18.2 Å². The second kappa shape index (κ2) is 4.75. The molecule has 0 fully saturated rings. The summed E-state index contributed by atoms with van der Waals surface area (Å²) in [5.41, 5.74) is 3.22. The summed E-state index contributed by atoms with van der Waals surface area (Å²) in [5, 5.41) is 9.17. The molecule has 0 amide bonds. The van der Waals surface area contributed by atoms with Crippen LogP contribution >= 0.6 is 0 Å². The fraction of sp³-hybridized carbons (Fsp3) is 0.562. The molecule has 0 heterocycles. The predicted molar refractivity (Wildman–Crippen MR) is 73.1 cm³/mol. The van der Waals surface area contributed by atoms with Crippen molar-refractivity contribution in [1.29, 1.82) is 0 Å². The molecule has 0 radical (unpaired) electrons. The molecule has 1 aromatic carbocycles. The molecule has 98 valence electrons. The fourth-order valence-corrected chi connectivity index (χ4v) is 3.50. The number of aryl methyl sites for hydroxylation is 1. The number of carbonyl (C=O) groups is 1. The van der Waals surface area contributed by atoms with Crippen molar-refractivity contribution >= 4 is 5.97 Å². The van der Waals surface area contributed by atoms with Gasteiger partial charge in [-0.2, -0.15) is 0 Å². The van der Waals surface area contributed by atoms with Gasteiger partial charge in [0.2, 0.25) is 0 Å². The average Bonchev–Trinajstić information content (AvgIpc) is 2.36. The van der Waals surface area contributed by atoms with Crippen LogP contribution in [0.1, 0.15) is 61.5 Å². The highest BCUT2D eigenvalue weighted by Crippen LogP contribution is 2.45. The molecule has 1 atom stereocenters. The van der Waals surface area contributed by atoms with E-state index in [1.54, 1.807) is 6.07 Å². The van der Waals surface area contributed by atoms with Gasteiger partial charge in [0.05, 0.1) is 5.56 Å². The highest BCUT2D eigenvalue weighted by molar-refractivity contribution is 5.88. The maximum absolute atomic E-state index is 11.2. The summed E-state index contributed by atoms with van der Waals surface area (Å²) in [6.45, 7) is 6.74. The molecule has 2 heteroatoms. The minimum Gasteiger partial charge on any atom is -0.478 e. The standard InChI is InChI=1S/C16H22O2/c1-4-16(11(2)3)9-5-6-12-7-8-13(15(17)18)10-14(12)16/h7-8,10-11H,4-6,9H2,1-3H3,(H,17,18). The first kappa shape index (κ1) is 13.1. The molecule has 0 saturated carbocycles. The molecule has 0 spiro atoms. The summed E-state index contributed by atoms with van der Waals surface area (Å²) in [5.74, 6) is -0.275. The van der Waals surface area contributed by atoms with Crippen LogP contribution in [0.25, 0.3) is 0 Å². The van der Waals surface area contributed by atoms with Gasteiger partial charge in [0, 0.05) is 0 Å². The summed E-state index contributed by atoms with van der Waals surface area (Å²) in [6.07, 6.45) is 4.56. The van der Waals surface area contributed by atoms with Gasteiger partial charge in [0.1, 0.15) is 0 Å². The van der Waals surface area contributed by atoms with Crippen LogP contribution in [0.4, 0.5) is 0 Å². The van der Waals surface area contributed by atoms with Gasteiger partial charge in [-0.1, -0.05) is 26.8 Å². The van der Waals surface area contributed by atoms with E-state index in [2.05, 4.69) is 20.8 Å². The second-order valence-corrected chi connectivity index (χ2v) is 5.70. The zero-order valence-corrected chi connectivity index (χ0v) is 11.5. The molecule has 1 aliphatic rings. The molecule has 0 aromatic heterocycles. The number of fused-ring (bicyclic) bond motifs is 1. The van der Waals surface area contributed by atoms with Gasteiger partial charge in [0.25, 0.3) is 0 Å². The van der Waals surface area contributed by atoms with Gasteiger partial charge in [0.15, 0.2) is 0 Å². The molecule has 0 saturated heterocycles. The molecule has 1 aromatic rings. The van der Waals surface area contributed by atoms with Gasteiger partial charge < -0.3 is 5.11 Å². The molecule has 2 nitrogen and oxygen atoms in total. The van der Waals surface area contributed by atoms with Crippen molar-refractivity contribution in [1.82, 2.24) is 0 Å². The lowest BCUT2D eigenvalue weighted by atomic mass is 9.62. The van der Waals surface area contributed by atoms with Crippen molar-refractivity contribution in [2.45, 2.75) is 51.9 Å². The zero-order valence-electron chi connectivity index (χ0n) is 11.5. The molecular weight excluding hydrogens is 224 g/mol. The Morgan fingerprint density at radius 2 is 2.17 bits per heavy atom. The third-order valence-electron chi connectivity index (χ3n) is 4.70. The van der Waals surface area contributed by atoms with Crippen LogP contribution in [-0.4, -0.2) is 11.1 Å². The first-order chi connectivity index (χ1) is 8.51. The van der Waals surface area contributed by atoms with Crippen LogP contribution in [0, 0.1) is 5.92 Å². The molecule has 1 N–H and O–H groups in total. The molecule has 0 aliphatic heterocycles. The lowest BCUT2D eigenvalue weighted by Crippen LogP contribution is -2.35. The Morgan fingerprint density at radius 1 is 1.44 bits per heavy atom. The van der Waals surface area contributed by atoms with Crippen LogP contribution in [0.3, 0.4) is 0 Å². The van der Waals surface area contributed by atoms with Crippen molar-refractivity contribution in [2.24, 2.45) is 5.92 Å². The summed E-state index contributed by atoms with van der Waals surface area (Å²) >= 11 is 0. The number of rotatable bonds is 3. The Labute approximate surface area is 109 Å². The van der Waals surface area contributed by atoms with Gasteiger partial charge >= 0.3 is 5.97 Å². The van der Waals surface area contributed by atoms with Gasteiger partial charge in [-0.25, -0.2) is 4.79 Å². The second-order valence-electron chi connectivity index (χ2n) is 5.70. The van der Waals surface area contributed by atoms with Gasteiger partial charge in [-0.3, -0.25) is 0 Å². The summed E-state index contributed by atoms with van der Waals surface area (Å²) in [4.78, 5) is 11.2. The van der Waals surface area contributed by atoms with Crippen molar-refractivity contribution in [3.05, 3.63) is 34.9 Å². The van der Waals surface area contributed by atoms with Crippen LogP contribution < -0.4 is 0 Å². The molecule has 2 rings (SSSR count). The van der Waals surface area contributed by atoms with Crippen molar-refractivity contribution in [2.75, 3.05) is 0 Å². The van der Waals surface area contributed by atoms with E-state index >= 15 is 0 Å². The van der Waals surface area contributed by atoms with E-state index < -0.39 is 5.97 Å². The predicted octanol–water partition coefficient (Wildman–Crippen LogP) is 4.02. The van der Waals surface area contributed by atoms with E-state index in [1.165, 1.54) is 24.0 Å². The van der Waals surface area contributed by atoms with E-state index in [9.17, 15) is 4.79 Å². The molecule has 1 aliphatic carbocycles. The molecule has 0 bridgehead atoms. The lowest BCUT2D eigenvalue weighted by Gasteiger charge is -2.42. The minimum atomic E-state index is -0.822. The monoisotopic (exact) mass is 246 g/mol. The van der Waals surface area contributed by atoms with Crippen molar-refractivity contribution in [3.8, 4) is 0 Å². The Bertz CT molecular complexity index is 462. The van der Waals surface area contributed by atoms with Crippen LogP contribution in [0.2, 0.25) is 0 Å². The van der Waals surface area contributed by atoms with Crippen LogP contribution in [0.5, 0.6) is 0 Å². The Balaban J connectivity index is 2.59. The van der Waals surface area contributed by atoms with Crippen molar-refractivity contribution in [3.63, 3.8) is 0 Å². The Kier molecular flexibility index (Phi) is 3.47. The van der Waals surface area contributed by atoms with Crippen molar-refractivity contribution < 1.29 is 9.90 Å². The average molecular weight is 246 g/mol. The number of aromatic carboxylic acids is 1. The first-order valence-corrected chi connectivity index (χ1v) is 6.88. The highest BCUT2D eigenvalue weighted by atomic mass is 16.4. The Morgan fingerprint density at radius 3 is 2.72 bits per heavy atom. The van der Waals surface area contributed by atoms with Gasteiger partial charge in [-0.15, -0.1) is 0 Å². The third-order valence-corrected chi connectivity index (χ3v) is 4.70. The largest absolute Gasteiger partial charge is 0.478 e. The van der Waals surface area contributed by atoms with E-state index in [-0.39, 0.29) is 5.41 Å². The summed E-state index contributed by atoms with van der Waals surface area (Å²) < 4.78 is 0. The summed E-state index contributed by atoms with van der Waals surface area (Å²) in [6, 6.07) is 5.68. The van der Waals surface area contributed by atoms with E-state index in [4.69, 9.17) is 5.11 Å². The maximum atomic E-state index is 11.2. The highest BCUT2D eigenvalue weighted by Gasteiger charge is 2.37. The SMILES string of the molecule is CCC1(C(C)C)CCCc2ccc(C(=O)O)cc21. The number of carboxylic acids is 1. The Hall–Kier alpha value is -1.31. The topological polar surface area (TPSA) is 37.3 Å². The smallest absolute Gasteiger partial charge is 0.335 e. The first-order valence-electron chi connectivity index (χ1n) is 6.88.